The molecule has 3 N–H and O–H groups in total. The average molecular weight is 369 g/mol. The Morgan fingerprint density at radius 2 is 1.76 bits per heavy atom. The van der Waals surface area contributed by atoms with Crippen molar-refractivity contribution in [3.63, 3.8) is 0 Å². The standard InChI is InChI=1S/C18H29N3O3S/c1-5-21(6-2)25(23,24)17-11-7-15(8-12-17)13(3)19-14(4)18(22)20-16-9-10-16/h7-8,11-14,16,19H,5-6,9-10H2,1-4H3,(H,20,22)/p+1/t13-,14-/m1/s1. The van der Waals surface area contributed by atoms with Gasteiger partial charge in [-0.05, 0) is 38.8 Å². The molecule has 7 heteroatoms. The van der Waals surface area contributed by atoms with Crippen LogP contribution in [0.1, 0.15) is 52.1 Å². The smallest absolute Gasteiger partial charge is 0.278 e. The van der Waals surface area contributed by atoms with Crippen LogP contribution in [0, 0.1) is 0 Å². The van der Waals surface area contributed by atoms with Gasteiger partial charge in [-0.15, -0.1) is 0 Å². The number of amides is 1. The monoisotopic (exact) mass is 368 g/mol. The first-order valence-electron chi connectivity index (χ1n) is 9.05. The van der Waals surface area contributed by atoms with Gasteiger partial charge in [-0.25, -0.2) is 8.42 Å². The molecule has 1 aromatic carbocycles. The Bertz CT molecular complexity index is 680. The van der Waals surface area contributed by atoms with E-state index in [2.05, 4.69) is 5.32 Å². The van der Waals surface area contributed by atoms with Crippen LogP contribution in [0.25, 0.3) is 0 Å². The lowest BCUT2D eigenvalue weighted by Crippen LogP contribution is -2.92. The maximum Gasteiger partial charge on any atom is 0.278 e. The Morgan fingerprint density at radius 3 is 2.24 bits per heavy atom. The predicted molar refractivity (Wildman–Crippen MR) is 97.5 cm³/mol. The number of nitrogens with one attached hydrogen (secondary N) is 1. The fourth-order valence-corrected chi connectivity index (χ4v) is 4.31. The highest BCUT2D eigenvalue weighted by atomic mass is 32.2. The minimum absolute atomic E-state index is 0.0649. The Balaban J connectivity index is 2.02. The van der Waals surface area contributed by atoms with Gasteiger partial charge in [0.2, 0.25) is 10.0 Å². The fraction of sp³-hybridized carbons (Fsp3) is 0.611. The number of nitrogens with zero attached hydrogens (tertiary/aromatic N) is 1. The molecule has 1 fully saturated rings. The molecule has 0 saturated heterocycles. The van der Waals surface area contributed by atoms with Crippen LogP contribution in [0.3, 0.4) is 0 Å². The largest absolute Gasteiger partial charge is 0.348 e. The highest BCUT2D eigenvalue weighted by Crippen LogP contribution is 2.19. The molecule has 0 heterocycles. The van der Waals surface area contributed by atoms with Gasteiger partial charge in [-0.3, -0.25) is 4.79 Å². The van der Waals surface area contributed by atoms with E-state index in [1.807, 2.05) is 45.1 Å². The van der Waals surface area contributed by atoms with E-state index in [9.17, 15) is 13.2 Å². The summed E-state index contributed by atoms with van der Waals surface area (Å²) in [6.07, 6.45) is 2.16. The fourth-order valence-electron chi connectivity index (χ4n) is 2.85. The number of carbonyl (C=O) groups excluding carboxylic acids is 1. The van der Waals surface area contributed by atoms with Crippen molar-refractivity contribution < 1.29 is 18.5 Å². The van der Waals surface area contributed by atoms with Crippen molar-refractivity contribution in [3.8, 4) is 0 Å². The summed E-state index contributed by atoms with van der Waals surface area (Å²) in [5, 5.41) is 5.02. The maximum atomic E-state index is 12.5. The molecule has 140 valence electrons. The zero-order valence-corrected chi connectivity index (χ0v) is 16.3. The van der Waals surface area contributed by atoms with Crippen molar-refractivity contribution in [2.75, 3.05) is 13.1 Å². The first-order valence-corrected chi connectivity index (χ1v) is 10.5. The van der Waals surface area contributed by atoms with E-state index in [1.54, 1.807) is 12.1 Å². The topological polar surface area (TPSA) is 83.1 Å². The second-order valence-electron chi connectivity index (χ2n) is 6.71. The second kappa shape index (κ2) is 8.29. The van der Waals surface area contributed by atoms with Gasteiger partial charge >= 0.3 is 0 Å². The molecule has 1 aromatic rings. The number of rotatable bonds is 9. The second-order valence-corrected chi connectivity index (χ2v) is 8.65. The lowest BCUT2D eigenvalue weighted by atomic mass is 10.1. The van der Waals surface area contributed by atoms with Crippen molar-refractivity contribution in [2.45, 2.75) is 63.6 Å². The molecule has 2 rings (SSSR count). The molecular formula is C18H30N3O3S+. The van der Waals surface area contributed by atoms with Gasteiger partial charge in [0.25, 0.3) is 5.91 Å². The van der Waals surface area contributed by atoms with Gasteiger partial charge in [-0.2, -0.15) is 4.31 Å². The summed E-state index contributed by atoms with van der Waals surface area (Å²) in [5.74, 6) is 0.0649. The van der Waals surface area contributed by atoms with E-state index >= 15 is 0 Å². The minimum atomic E-state index is -3.43. The molecule has 0 aromatic heterocycles. The van der Waals surface area contributed by atoms with Crippen LogP contribution >= 0.6 is 0 Å². The predicted octanol–water partition coefficient (Wildman–Crippen LogP) is 1.01. The molecular weight excluding hydrogens is 338 g/mol. The van der Waals surface area contributed by atoms with E-state index < -0.39 is 10.0 Å². The average Bonchev–Trinajstić information content (AvgIpc) is 3.39. The van der Waals surface area contributed by atoms with E-state index in [1.165, 1.54) is 4.31 Å². The maximum absolute atomic E-state index is 12.5. The summed E-state index contributed by atoms with van der Waals surface area (Å²) in [5.41, 5.74) is 1.00. The first kappa shape index (κ1) is 19.9. The highest BCUT2D eigenvalue weighted by Gasteiger charge is 2.28. The summed E-state index contributed by atoms with van der Waals surface area (Å²) in [4.78, 5) is 12.4. The van der Waals surface area contributed by atoms with Crippen LogP contribution in [-0.4, -0.2) is 43.8 Å². The highest BCUT2D eigenvalue weighted by molar-refractivity contribution is 7.89. The van der Waals surface area contributed by atoms with E-state index in [0.29, 0.717) is 24.0 Å². The van der Waals surface area contributed by atoms with Crippen LogP contribution in [-0.2, 0) is 14.8 Å². The molecule has 2 atom stereocenters. The van der Waals surface area contributed by atoms with E-state index in [4.69, 9.17) is 0 Å². The molecule has 1 saturated carbocycles. The first-order chi connectivity index (χ1) is 11.8. The van der Waals surface area contributed by atoms with Gasteiger partial charge < -0.3 is 10.6 Å². The van der Waals surface area contributed by atoms with Crippen molar-refractivity contribution >= 4 is 15.9 Å². The molecule has 0 radical (unpaired) electrons. The third-order valence-corrected chi connectivity index (χ3v) is 6.73. The van der Waals surface area contributed by atoms with Crippen LogP contribution in [0.15, 0.2) is 29.2 Å². The summed E-state index contributed by atoms with van der Waals surface area (Å²) in [6, 6.07) is 7.25. The van der Waals surface area contributed by atoms with Crippen molar-refractivity contribution in [1.82, 2.24) is 9.62 Å². The summed E-state index contributed by atoms with van der Waals surface area (Å²) in [6.45, 7) is 8.50. The Kier molecular flexibility index (Phi) is 6.59. The number of benzene rings is 1. The quantitative estimate of drug-likeness (QED) is 0.682. The minimum Gasteiger partial charge on any atom is -0.348 e. The van der Waals surface area contributed by atoms with Crippen molar-refractivity contribution in [1.29, 1.82) is 0 Å². The number of nitrogens with two attached hydrogens (primary N) is 1. The summed E-state index contributed by atoms with van der Waals surface area (Å²) >= 11 is 0. The number of hydrogen-bond acceptors (Lipinski definition) is 3. The van der Waals surface area contributed by atoms with Gasteiger partial charge in [0.05, 0.1) is 4.90 Å². The molecule has 0 bridgehead atoms. The third-order valence-electron chi connectivity index (χ3n) is 4.66. The zero-order valence-electron chi connectivity index (χ0n) is 15.5. The van der Waals surface area contributed by atoms with E-state index in [-0.39, 0.29) is 18.0 Å². The number of quaternary nitrogens is 1. The van der Waals surface area contributed by atoms with E-state index in [0.717, 1.165) is 18.4 Å². The number of sulfonamides is 1. The molecule has 25 heavy (non-hydrogen) atoms. The van der Waals surface area contributed by atoms with Crippen molar-refractivity contribution in [3.05, 3.63) is 29.8 Å². The van der Waals surface area contributed by atoms with Crippen molar-refractivity contribution in [2.24, 2.45) is 0 Å². The summed E-state index contributed by atoms with van der Waals surface area (Å²) < 4.78 is 26.5. The van der Waals surface area contributed by atoms with Gasteiger partial charge in [0, 0.05) is 24.7 Å². The van der Waals surface area contributed by atoms with Crippen LogP contribution in [0.5, 0.6) is 0 Å². The van der Waals surface area contributed by atoms with Gasteiger partial charge in [0.15, 0.2) is 6.04 Å². The van der Waals surface area contributed by atoms with Gasteiger partial charge in [0.1, 0.15) is 6.04 Å². The normalized spacial score (nSPS) is 17.3. The van der Waals surface area contributed by atoms with Crippen LogP contribution in [0.2, 0.25) is 0 Å². The third kappa shape index (κ3) is 5.03. The number of carbonyl (C=O) groups is 1. The molecule has 1 aliphatic rings. The zero-order chi connectivity index (χ0) is 18.6. The molecule has 1 aliphatic carbocycles. The Labute approximate surface area is 151 Å². The molecule has 0 unspecified atom stereocenters. The molecule has 1 amide bonds. The lowest BCUT2D eigenvalue weighted by Gasteiger charge is -2.19. The lowest BCUT2D eigenvalue weighted by molar-refractivity contribution is -0.710. The molecule has 0 spiro atoms. The molecule has 6 nitrogen and oxygen atoms in total. The number of hydrogen-bond donors (Lipinski definition) is 2. The summed E-state index contributed by atoms with van der Waals surface area (Å²) in [7, 11) is -3.43. The SMILES string of the molecule is CCN(CC)S(=O)(=O)c1ccc([C@@H](C)[NH2+][C@H](C)C(=O)NC2CC2)cc1. The van der Waals surface area contributed by atoms with Crippen LogP contribution < -0.4 is 10.6 Å². The van der Waals surface area contributed by atoms with Crippen LogP contribution in [0.4, 0.5) is 0 Å². The van der Waals surface area contributed by atoms with Gasteiger partial charge in [-0.1, -0.05) is 26.0 Å². The Hall–Kier alpha value is -1.44. The molecule has 0 aliphatic heterocycles. The Morgan fingerprint density at radius 1 is 1.20 bits per heavy atom.